The molecule has 2 N–H and O–H groups in total. The van der Waals surface area contributed by atoms with Gasteiger partial charge in [-0.05, 0) is 18.9 Å². The molecule has 6 heteroatoms. The van der Waals surface area contributed by atoms with E-state index in [4.69, 9.17) is 10.5 Å². The molecule has 6 nitrogen and oxygen atoms in total. The maximum Gasteiger partial charge on any atom is 0.273 e. The molecule has 0 atom stereocenters. The third kappa shape index (κ3) is 2.10. The average Bonchev–Trinajstić information content (AvgIpc) is 3.01. The predicted octanol–water partition coefficient (Wildman–Crippen LogP) is 1.23. The number of ether oxygens (including phenoxy) is 1. The number of carbonyl (C=O) groups excluding carboxylic acids is 1. The highest BCUT2D eigenvalue weighted by Crippen LogP contribution is 2.31. The quantitative estimate of drug-likeness (QED) is 0.612. The van der Waals surface area contributed by atoms with Crippen molar-refractivity contribution >= 4 is 11.6 Å². The van der Waals surface area contributed by atoms with Gasteiger partial charge in [0.15, 0.2) is 0 Å². The monoisotopic (exact) mass is 222 g/mol. The van der Waals surface area contributed by atoms with Crippen LogP contribution in [0.5, 0.6) is 5.75 Å². The first-order valence-electron chi connectivity index (χ1n) is 4.83. The lowest BCUT2D eigenvalue weighted by Gasteiger charge is -2.07. The zero-order valence-corrected chi connectivity index (χ0v) is 8.38. The molecule has 16 heavy (non-hydrogen) atoms. The molecule has 1 saturated carbocycles. The van der Waals surface area contributed by atoms with E-state index in [-0.39, 0.29) is 23.1 Å². The van der Waals surface area contributed by atoms with Crippen molar-refractivity contribution in [3.8, 4) is 5.75 Å². The van der Waals surface area contributed by atoms with Crippen molar-refractivity contribution in [3.63, 3.8) is 0 Å². The fraction of sp³-hybridized carbons (Fsp3) is 0.300. The Morgan fingerprint density at radius 1 is 1.50 bits per heavy atom. The first kappa shape index (κ1) is 10.4. The summed E-state index contributed by atoms with van der Waals surface area (Å²) < 4.78 is 5.40. The first-order valence-corrected chi connectivity index (χ1v) is 4.83. The van der Waals surface area contributed by atoms with E-state index in [1.807, 2.05) is 0 Å². The number of nitrogens with zero attached hydrogens (tertiary/aromatic N) is 1. The summed E-state index contributed by atoms with van der Waals surface area (Å²) in [5.41, 5.74) is 5.22. The number of rotatable bonds is 4. The highest BCUT2D eigenvalue weighted by atomic mass is 16.6. The SMILES string of the molecule is NC(=O)c1ccc([N+](=O)[O-])cc1OC1CC1. The van der Waals surface area contributed by atoms with Crippen LogP contribution in [0.1, 0.15) is 23.2 Å². The lowest BCUT2D eigenvalue weighted by molar-refractivity contribution is -0.384. The fourth-order valence-electron chi connectivity index (χ4n) is 1.29. The van der Waals surface area contributed by atoms with E-state index < -0.39 is 10.8 Å². The minimum atomic E-state index is -0.648. The van der Waals surface area contributed by atoms with Crippen LogP contribution in [0.4, 0.5) is 5.69 Å². The molecule has 1 aliphatic carbocycles. The van der Waals surface area contributed by atoms with E-state index in [0.717, 1.165) is 12.8 Å². The van der Waals surface area contributed by atoms with Crippen LogP contribution in [0.3, 0.4) is 0 Å². The Morgan fingerprint density at radius 3 is 2.69 bits per heavy atom. The fourth-order valence-corrected chi connectivity index (χ4v) is 1.29. The molecule has 1 aromatic carbocycles. The summed E-state index contributed by atoms with van der Waals surface area (Å²) >= 11 is 0. The van der Waals surface area contributed by atoms with Crippen molar-refractivity contribution < 1.29 is 14.5 Å². The number of amides is 1. The van der Waals surface area contributed by atoms with Crippen molar-refractivity contribution in [2.24, 2.45) is 5.73 Å². The Bertz CT molecular complexity index is 454. The lowest BCUT2D eigenvalue weighted by atomic mass is 10.1. The lowest BCUT2D eigenvalue weighted by Crippen LogP contribution is -2.13. The molecule has 2 rings (SSSR count). The number of hydrogen-bond acceptors (Lipinski definition) is 4. The number of benzene rings is 1. The standard InChI is InChI=1S/C10H10N2O4/c11-10(13)8-4-1-6(12(14)15)5-9(8)16-7-2-3-7/h1,4-5,7H,2-3H2,(H2,11,13). The van der Waals surface area contributed by atoms with Gasteiger partial charge in [-0.1, -0.05) is 0 Å². The van der Waals surface area contributed by atoms with Crippen LogP contribution >= 0.6 is 0 Å². The van der Waals surface area contributed by atoms with Crippen LogP contribution in [0, 0.1) is 10.1 Å². The molecule has 0 heterocycles. The third-order valence-corrected chi connectivity index (χ3v) is 2.26. The van der Waals surface area contributed by atoms with Gasteiger partial charge in [-0.15, -0.1) is 0 Å². The van der Waals surface area contributed by atoms with Gasteiger partial charge in [0.05, 0.1) is 22.7 Å². The van der Waals surface area contributed by atoms with Gasteiger partial charge in [-0.2, -0.15) is 0 Å². The Balaban J connectivity index is 2.37. The van der Waals surface area contributed by atoms with Crippen molar-refractivity contribution in [1.82, 2.24) is 0 Å². The van der Waals surface area contributed by atoms with Crippen LogP contribution < -0.4 is 10.5 Å². The van der Waals surface area contributed by atoms with Crippen LogP contribution in [0.2, 0.25) is 0 Å². The van der Waals surface area contributed by atoms with Gasteiger partial charge in [-0.25, -0.2) is 0 Å². The van der Waals surface area contributed by atoms with Crippen LogP contribution in [0.15, 0.2) is 18.2 Å². The average molecular weight is 222 g/mol. The van der Waals surface area contributed by atoms with Gasteiger partial charge in [0.25, 0.3) is 11.6 Å². The van der Waals surface area contributed by atoms with Crippen molar-refractivity contribution in [2.45, 2.75) is 18.9 Å². The summed E-state index contributed by atoms with van der Waals surface area (Å²) in [5, 5.41) is 10.6. The Morgan fingerprint density at radius 2 is 2.19 bits per heavy atom. The molecule has 1 aliphatic rings. The molecule has 0 radical (unpaired) electrons. The maximum atomic E-state index is 11.1. The van der Waals surface area contributed by atoms with Crippen molar-refractivity contribution in [1.29, 1.82) is 0 Å². The van der Waals surface area contributed by atoms with Crippen molar-refractivity contribution in [2.75, 3.05) is 0 Å². The highest BCUT2D eigenvalue weighted by Gasteiger charge is 2.26. The van der Waals surface area contributed by atoms with Gasteiger partial charge in [0.2, 0.25) is 0 Å². The highest BCUT2D eigenvalue weighted by molar-refractivity contribution is 5.96. The maximum absolute atomic E-state index is 11.1. The Labute approximate surface area is 91.2 Å². The molecule has 1 amide bonds. The zero-order chi connectivity index (χ0) is 11.7. The minimum Gasteiger partial charge on any atom is -0.489 e. The topological polar surface area (TPSA) is 95.5 Å². The molecular formula is C10H10N2O4. The second kappa shape index (κ2) is 3.80. The summed E-state index contributed by atoms with van der Waals surface area (Å²) in [6.45, 7) is 0. The van der Waals surface area contributed by atoms with Gasteiger partial charge >= 0.3 is 0 Å². The van der Waals surface area contributed by atoms with E-state index in [1.165, 1.54) is 18.2 Å². The Kier molecular flexibility index (Phi) is 2.47. The number of primary amides is 1. The number of nitrogens with two attached hydrogens (primary N) is 1. The summed E-state index contributed by atoms with van der Waals surface area (Å²) in [7, 11) is 0. The summed E-state index contributed by atoms with van der Waals surface area (Å²) in [6.07, 6.45) is 1.86. The number of hydrogen-bond donors (Lipinski definition) is 1. The van der Waals surface area contributed by atoms with Gasteiger partial charge in [-0.3, -0.25) is 14.9 Å². The number of carbonyl (C=O) groups is 1. The van der Waals surface area contributed by atoms with E-state index in [9.17, 15) is 14.9 Å². The second-order valence-electron chi connectivity index (χ2n) is 3.62. The summed E-state index contributed by atoms with van der Waals surface area (Å²) in [6, 6.07) is 3.79. The number of nitro groups is 1. The smallest absolute Gasteiger partial charge is 0.273 e. The normalized spacial score (nSPS) is 14.5. The van der Waals surface area contributed by atoms with Crippen LogP contribution in [-0.4, -0.2) is 16.9 Å². The summed E-state index contributed by atoms with van der Waals surface area (Å²) in [4.78, 5) is 21.1. The molecule has 1 aromatic rings. The number of non-ortho nitro benzene ring substituents is 1. The van der Waals surface area contributed by atoms with Gasteiger partial charge in [0, 0.05) is 6.07 Å². The molecule has 0 spiro atoms. The third-order valence-electron chi connectivity index (χ3n) is 2.26. The van der Waals surface area contributed by atoms with E-state index >= 15 is 0 Å². The number of nitro benzene ring substituents is 1. The van der Waals surface area contributed by atoms with Crippen LogP contribution in [-0.2, 0) is 0 Å². The first-order chi connectivity index (χ1) is 7.58. The van der Waals surface area contributed by atoms with E-state index in [2.05, 4.69) is 0 Å². The molecular weight excluding hydrogens is 212 g/mol. The molecule has 0 saturated heterocycles. The molecule has 0 unspecified atom stereocenters. The second-order valence-corrected chi connectivity index (χ2v) is 3.62. The minimum absolute atomic E-state index is 0.0557. The van der Waals surface area contributed by atoms with Gasteiger partial charge < -0.3 is 10.5 Å². The molecule has 0 bridgehead atoms. The van der Waals surface area contributed by atoms with Crippen molar-refractivity contribution in [3.05, 3.63) is 33.9 Å². The predicted molar refractivity (Wildman–Crippen MR) is 55.3 cm³/mol. The van der Waals surface area contributed by atoms with E-state index in [0.29, 0.717) is 0 Å². The van der Waals surface area contributed by atoms with Gasteiger partial charge in [0.1, 0.15) is 5.75 Å². The van der Waals surface area contributed by atoms with Crippen LogP contribution in [0.25, 0.3) is 0 Å². The summed E-state index contributed by atoms with van der Waals surface area (Å²) in [5.74, 6) is -0.449. The molecule has 0 aromatic heterocycles. The zero-order valence-electron chi connectivity index (χ0n) is 8.38. The Hall–Kier alpha value is -2.11. The molecule has 84 valence electrons. The molecule has 0 aliphatic heterocycles. The van der Waals surface area contributed by atoms with E-state index in [1.54, 1.807) is 0 Å². The molecule has 1 fully saturated rings. The largest absolute Gasteiger partial charge is 0.489 e.